The average Bonchev–Trinajstić information content (AvgIpc) is 2.33. The average molecular weight is 399 g/mol. The normalized spacial score (nSPS) is 12.2. The number of carbonyl (C=O) groups excluding carboxylic acids is 1. The van der Waals surface area contributed by atoms with Crippen LogP contribution in [0.2, 0.25) is 0 Å². The van der Waals surface area contributed by atoms with Crippen LogP contribution >= 0.6 is 15.9 Å². The Morgan fingerprint density at radius 1 is 1.29 bits per heavy atom. The number of nitrogens with zero attached hydrogens (tertiary/aromatic N) is 1. The molecule has 10 heteroatoms. The van der Waals surface area contributed by atoms with E-state index in [2.05, 4.69) is 15.9 Å². The van der Waals surface area contributed by atoms with Gasteiger partial charge in [0.1, 0.15) is 9.84 Å². The topological polar surface area (TPSA) is 115 Å². The van der Waals surface area contributed by atoms with Crippen molar-refractivity contribution < 1.29 is 21.6 Å². The minimum atomic E-state index is -3.96. The summed E-state index contributed by atoms with van der Waals surface area (Å²) in [6.07, 6.45) is 1.07. The van der Waals surface area contributed by atoms with E-state index in [1.165, 1.54) is 24.1 Å². The Morgan fingerprint density at radius 3 is 2.33 bits per heavy atom. The van der Waals surface area contributed by atoms with Gasteiger partial charge in [0.15, 0.2) is 0 Å². The van der Waals surface area contributed by atoms with Gasteiger partial charge in [0.05, 0.1) is 10.6 Å². The third-order valence-corrected chi connectivity index (χ3v) is 5.46. The minimum Gasteiger partial charge on any atom is -0.341 e. The molecule has 0 saturated carbocycles. The molecule has 0 bridgehead atoms. The van der Waals surface area contributed by atoms with Crippen molar-refractivity contribution in [2.75, 3.05) is 25.6 Å². The van der Waals surface area contributed by atoms with E-state index in [-0.39, 0.29) is 27.2 Å². The lowest BCUT2D eigenvalue weighted by molar-refractivity contribution is 0.0803. The van der Waals surface area contributed by atoms with Crippen molar-refractivity contribution in [2.45, 2.75) is 4.90 Å². The van der Waals surface area contributed by atoms with Crippen LogP contribution in [0.1, 0.15) is 10.4 Å². The van der Waals surface area contributed by atoms with E-state index in [0.717, 1.165) is 12.3 Å². The Labute approximate surface area is 132 Å². The summed E-state index contributed by atoms with van der Waals surface area (Å²) in [7, 11) is -5.72. The maximum atomic E-state index is 12.1. The van der Waals surface area contributed by atoms with Gasteiger partial charge in [-0.3, -0.25) is 4.79 Å². The number of primary sulfonamides is 1. The monoisotopic (exact) mass is 398 g/mol. The molecule has 0 aliphatic rings. The maximum Gasteiger partial charge on any atom is 0.253 e. The fraction of sp³-hybridized carbons (Fsp3) is 0.364. The zero-order valence-electron chi connectivity index (χ0n) is 11.4. The van der Waals surface area contributed by atoms with Gasteiger partial charge in [-0.1, -0.05) is 0 Å². The first-order valence-corrected chi connectivity index (χ1v) is 10.1. The number of halogens is 1. The Morgan fingerprint density at radius 2 is 1.86 bits per heavy atom. The van der Waals surface area contributed by atoms with Gasteiger partial charge < -0.3 is 4.90 Å². The van der Waals surface area contributed by atoms with Crippen molar-refractivity contribution in [2.24, 2.45) is 5.14 Å². The summed E-state index contributed by atoms with van der Waals surface area (Å²) in [5.41, 5.74) is 0.109. The first-order chi connectivity index (χ1) is 9.42. The smallest absolute Gasteiger partial charge is 0.253 e. The molecule has 0 aliphatic carbocycles. The van der Waals surface area contributed by atoms with Crippen molar-refractivity contribution in [3.8, 4) is 0 Å². The van der Waals surface area contributed by atoms with Crippen molar-refractivity contribution in [1.82, 2.24) is 4.90 Å². The number of benzene rings is 1. The highest BCUT2D eigenvalue weighted by Gasteiger charge is 2.18. The molecule has 1 rings (SSSR count). The van der Waals surface area contributed by atoms with Crippen molar-refractivity contribution >= 4 is 41.7 Å². The molecule has 0 radical (unpaired) electrons. The molecule has 1 amide bonds. The van der Waals surface area contributed by atoms with E-state index in [0.29, 0.717) is 0 Å². The Hall–Kier alpha value is -0.970. The van der Waals surface area contributed by atoms with Crippen LogP contribution in [0.4, 0.5) is 0 Å². The largest absolute Gasteiger partial charge is 0.341 e. The molecule has 1 aromatic rings. The molecule has 0 heterocycles. The van der Waals surface area contributed by atoms with Crippen LogP contribution in [0, 0.1) is 0 Å². The molecule has 118 valence electrons. The Bertz CT molecular complexity index is 759. The van der Waals surface area contributed by atoms with Crippen LogP contribution in [0.3, 0.4) is 0 Å². The number of rotatable bonds is 5. The predicted molar refractivity (Wildman–Crippen MR) is 82.2 cm³/mol. The second-order valence-corrected chi connectivity index (χ2v) is 9.19. The standard InChI is InChI=1S/C11H15BrN2O5S2/c1-14(5-6-20(2,16)17)11(15)8-3-4-9(12)10(7-8)21(13,18)19/h3-4,7H,5-6H2,1-2H3,(H2,13,18,19). The minimum absolute atomic E-state index is 0.0123. The van der Waals surface area contributed by atoms with Gasteiger partial charge in [-0.15, -0.1) is 0 Å². The third-order valence-electron chi connectivity index (χ3n) is 2.63. The lowest BCUT2D eigenvalue weighted by Gasteiger charge is -2.17. The van der Waals surface area contributed by atoms with E-state index < -0.39 is 25.8 Å². The molecule has 0 atom stereocenters. The predicted octanol–water partition coefficient (Wildman–Crippen LogP) is 0.213. The summed E-state index contributed by atoms with van der Waals surface area (Å²) in [6, 6.07) is 3.98. The van der Waals surface area contributed by atoms with E-state index in [1.807, 2.05) is 0 Å². The second-order valence-electron chi connectivity index (χ2n) is 4.55. The highest BCUT2D eigenvalue weighted by Crippen LogP contribution is 2.22. The lowest BCUT2D eigenvalue weighted by Crippen LogP contribution is -2.31. The van der Waals surface area contributed by atoms with Crippen molar-refractivity contribution in [3.63, 3.8) is 0 Å². The molecule has 7 nitrogen and oxygen atoms in total. The zero-order chi connectivity index (χ0) is 16.4. The molecule has 0 aromatic heterocycles. The SMILES string of the molecule is CN(CCS(C)(=O)=O)C(=O)c1ccc(Br)c(S(N)(=O)=O)c1. The molecule has 0 aliphatic heterocycles. The number of sulfonamides is 1. The summed E-state index contributed by atoms with van der Waals surface area (Å²) in [5.74, 6) is -0.663. The van der Waals surface area contributed by atoms with Crippen LogP contribution in [0.15, 0.2) is 27.6 Å². The molecular formula is C11H15BrN2O5S2. The van der Waals surface area contributed by atoms with Gasteiger partial charge in [0.2, 0.25) is 10.0 Å². The molecule has 2 N–H and O–H groups in total. The fourth-order valence-electron chi connectivity index (χ4n) is 1.48. The highest BCUT2D eigenvalue weighted by molar-refractivity contribution is 9.10. The molecule has 0 saturated heterocycles. The molecule has 0 fully saturated rings. The first kappa shape index (κ1) is 18.1. The lowest BCUT2D eigenvalue weighted by atomic mass is 10.2. The van der Waals surface area contributed by atoms with E-state index >= 15 is 0 Å². The summed E-state index contributed by atoms with van der Waals surface area (Å²) < 4.78 is 45.2. The number of hydrogen-bond acceptors (Lipinski definition) is 5. The number of hydrogen-bond donors (Lipinski definition) is 1. The van der Waals surface area contributed by atoms with Gasteiger partial charge in [-0.05, 0) is 34.1 Å². The maximum absolute atomic E-state index is 12.1. The number of sulfone groups is 1. The van der Waals surface area contributed by atoms with E-state index in [1.54, 1.807) is 0 Å². The van der Waals surface area contributed by atoms with Gasteiger partial charge in [-0.25, -0.2) is 22.0 Å². The van der Waals surface area contributed by atoms with Crippen molar-refractivity contribution in [3.05, 3.63) is 28.2 Å². The van der Waals surface area contributed by atoms with Gasteiger partial charge in [0, 0.05) is 29.9 Å². The fourth-order valence-corrected chi connectivity index (χ4v) is 3.64. The van der Waals surface area contributed by atoms with E-state index in [4.69, 9.17) is 5.14 Å². The summed E-state index contributed by atoms with van der Waals surface area (Å²) in [4.78, 5) is 13.1. The van der Waals surface area contributed by atoms with Crippen LogP contribution in [0.5, 0.6) is 0 Å². The Kier molecular flexibility index (Phi) is 5.53. The van der Waals surface area contributed by atoms with Crippen LogP contribution in [-0.2, 0) is 19.9 Å². The van der Waals surface area contributed by atoms with Crippen molar-refractivity contribution in [1.29, 1.82) is 0 Å². The van der Waals surface area contributed by atoms with Gasteiger partial charge in [0.25, 0.3) is 5.91 Å². The number of nitrogens with two attached hydrogens (primary N) is 1. The van der Waals surface area contributed by atoms with Gasteiger partial charge in [-0.2, -0.15) is 0 Å². The third kappa shape index (κ3) is 5.38. The second kappa shape index (κ2) is 6.42. The number of amides is 1. The summed E-state index contributed by atoms with van der Waals surface area (Å²) in [6.45, 7) is 0.0123. The molecule has 21 heavy (non-hydrogen) atoms. The highest BCUT2D eigenvalue weighted by atomic mass is 79.9. The van der Waals surface area contributed by atoms with E-state index in [9.17, 15) is 21.6 Å². The zero-order valence-corrected chi connectivity index (χ0v) is 14.6. The Balaban J connectivity index is 3.04. The van der Waals surface area contributed by atoms with Crippen LogP contribution in [-0.4, -0.2) is 53.2 Å². The number of carbonyl (C=O) groups is 1. The van der Waals surface area contributed by atoms with Gasteiger partial charge >= 0.3 is 0 Å². The molecule has 1 aromatic carbocycles. The molecule has 0 unspecified atom stereocenters. The molecular weight excluding hydrogens is 384 g/mol. The first-order valence-electron chi connectivity index (χ1n) is 5.67. The molecule has 0 spiro atoms. The quantitative estimate of drug-likeness (QED) is 0.761. The van der Waals surface area contributed by atoms with Crippen LogP contribution < -0.4 is 5.14 Å². The summed E-state index contributed by atoms with van der Waals surface area (Å²) >= 11 is 3.05. The van der Waals surface area contributed by atoms with Crippen LogP contribution in [0.25, 0.3) is 0 Å². The summed E-state index contributed by atoms with van der Waals surface area (Å²) in [5, 5.41) is 5.06.